The van der Waals surface area contributed by atoms with Crippen LogP contribution < -0.4 is 5.73 Å². The van der Waals surface area contributed by atoms with Gasteiger partial charge in [-0.15, -0.1) is 0 Å². The zero-order valence-electron chi connectivity index (χ0n) is 11.2. The van der Waals surface area contributed by atoms with Gasteiger partial charge in [0.2, 0.25) is 0 Å². The molecule has 3 N–H and O–H groups in total. The van der Waals surface area contributed by atoms with Crippen molar-refractivity contribution in [2.75, 3.05) is 0 Å². The molecule has 2 aromatic rings. The summed E-state index contributed by atoms with van der Waals surface area (Å²) in [6.07, 6.45) is 4.56. The van der Waals surface area contributed by atoms with Gasteiger partial charge in [0, 0.05) is 0 Å². The van der Waals surface area contributed by atoms with Crippen molar-refractivity contribution in [1.82, 2.24) is 9.97 Å². The van der Waals surface area contributed by atoms with Crippen LogP contribution in [0.15, 0.2) is 18.2 Å². The van der Waals surface area contributed by atoms with Crippen LogP contribution in [-0.2, 0) is 5.54 Å². The van der Waals surface area contributed by atoms with E-state index in [2.05, 4.69) is 37.0 Å². The van der Waals surface area contributed by atoms with Gasteiger partial charge in [0.1, 0.15) is 5.82 Å². The number of H-pyrrole nitrogens is 1. The second-order valence-corrected chi connectivity index (χ2v) is 5.91. The first-order valence-corrected chi connectivity index (χ1v) is 6.83. The molecule has 0 radical (unpaired) electrons. The standard InChI is InChI=1S/C15H21N3/c1-10-5-4-8-15(16,9-10)14-17-12-7-3-6-11(2)13(12)18-14/h3,6-7,10H,4-5,8-9,16H2,1-2H3,(H,17,18). The smallest absolute Gasteiger partial charge is 0.127 e. The number of rotatable bonds is 1. The Morgan fingerprint density at radius 2 is 2.28 bits per heavy atom. The normalized spacial score (nSPS) is 28.7. The van der Waals surface area contributed by atoms with Gasteiger partial charge in [-0.1, -0.05) is 31.9 Å². The van der Waals surface area contributed by atoms with Crippen LogP contribution >= 0.6 is 0 Å². The monoisotopic (exact) mass is 243 g/mol. The number of nitrogens with one attached hydrogen (secondary N) is 1. The number of nitrogens with zero attached hydrogens (tertiary/aromatic N) is 1. The number of aromatic amines is 1. The second-order valence-electron chi connectivity index (χ2n) is 5.91. The van der Waals surface area contributed by atoms with Crippen molar-refractivity contribution >= 4 is 11.0 Å². The molecule has 0 saturated heterocycles. The van der Waals surface area contributed by atoms with Gasteiger partial charge < -0.3 is 10.7 Å². The molecular formula is C15H21N3. The third-order valence-corrected chi connectivity index (χ3v) is 4.22. The molecule has 1 aliphatic carbocycles. The number of aromatic nitrogens is 2. The lowest BCUT2D eigenvalue weighted by Gasteiger charge is -2.35. The van der Waals surface area contributed by atoms with Crippen molar-refractivity contribution < 1.29 is 0 Å². The molecule has 2 atom stereocenters. The summed E-state index contributed by atoms with van der Waals surface area (Å²) in [7, 11) is 0. The summed E-state index contributed by atoms with van der Waals surface area (Å²) in [5.41, 5.74) is 9.71. The van der Waals surface area contributed by atoms with Gasteiger partial charge in [-0.3, -0.25) is 0 Å². The summed E-state index contributed by atoms with van der Waals surface area (Å²) >= 11 is 0. The number of hydrogen-bond acceptors (Lipinski definition) is 2. The molecule has 0 aliphatic heterocycles. The Hall–Kier alpha value is -1.35. The minimum absolute atomic E-state index is 0.261. The predicted molar refractivity (Wildman–Crippen MR) is 74.3 cm³/mol. The van der Waals surface area contributed by atoms with Crippen LogP contribution in [0.5, 0.6) is 0 Å². The zero-order chi connectivity index (χ0) is 12.8. The summed E-state index contributed by atoms with van der Waals surface area (Å²) in [6.45, 7) is 4.38. The average Bonchev–Trinajstić information content (AvgIpc) is 2.75. The number of fused-ring (bicyclic) bond motifs is 1. The van der Waals surface area contributed by atoms with Crippen LogP contribution in [0.25, 0.3) is 11.0 Å². The fourth-order valence-corrected chi connectivity index (χ4v) is 3.22. The number of imidazole rings is 1. The molecule has 1 aliphatic rings. The number of benzene rings is 1. The van der Waals surface area contributed by atoms with Gasteiger partial charge in [0.15, 0.2) is 0 Å². The van der Waals surface area contributed by atoms with Crippen molar-refractivity contribution in [3.63, 3.8) is 0 Å². The van der Waals surface area contributed by atoms with Crippen molar-refractivity contribution in [3.05, 3.63) is 29.6 Å². The molecule has 1 saturated carbocycles. The molecule has 0 spiro atoms. The summed E-state index contributed by atoms with van der Waals surface area (Å²) < 4.78 is 0. The van der Waals surface area contributed by atoms with Crippen LogP contribution in [0.1, 0.15) is 44.0 Å². The van der Waals surface area contributed by atoms with E-state index >= 15 is 0 Å². The molecule has 18 heavy (non-hydrogen) atoms. The molecular weight excluding hydrogens is 222 g/mol. The first-order valence-electron chi connectivity index (χ1n) is 6.83. The van der Waals surface area contributed by atoms with Crippen LogP contribution in [-0.4, -0.2) is 9.97 Å². The summed E-state index contributed by atoms with van der Waals surface area (Å²) in [6, 6.07) is 6.24. The van der Waals surface area contributed by atoms with E-state index in [-0.39, 0.29) is 5.54 Å². The van der Waals surface area contributed by atoms with Crippen LogP contribution in [0.4, 0.5) is 0 Å². The van der Waals surface area contributed by atoms with Gasteiger partial charge in [-0.05, 0) is 37.3 Å². The van der Waals surface area contributed by atoms with E-state index in [9.17, 15) is 0 Å². The molecule has 2 unspecified atom stereocenters. The van der Waals surface area contributed by atoms with Crippen molar-refractivity contribution in [1.29, 1.82) is 0 Å². The molecule has 3 nitrogen and oxygen atoms in total. The van der Waals surface area contributed by atoms with E-state index < -0.39 is 0 Å². The molecule has 3 heteroatoms. The van der Waals surface area contributed by atoms with E-state index in [1.54, 1.807) is 0 Å². The number of aryl methyl sites for hydroxylation is 1. The number of hydrogen-bond donors (Lipinski definition) is 2. The van der Waals surface area contributed by atoms with Gasteiger partial charge in [0.05, 0.1) is 16.6 Å². The molecule has 1 aromatic heterocycles. The highest BCUT2D eigenvalue weighted by Crippen LogP contribution is 2.37. The maximum Gasteiger partial charge on any atom is 0.127 e. The molecule has 3 rings (SSSR count). The number of para-hydroxylation sites is 1. The van der Waals surface area contributed by atoms with Crippen LogP contribution in [0.3, 0.4) is 0 Å². The third kappa shape index (κ3) is 1.83. The lowest BCUT2D eigenvalue weighted by atomic mass is 9.76. The van der Waals surface area contributed by atoms with Gasteiger partial charge in [-0.25, -0.2) is 4.98 Å². The van der Waals surface area contributed by atoms with E-state index in [1.807, 2.05) is 0 Å². The highest BCUT2D eigenvalue weighted by molar-refractivity contribution is 5.78. The maximum atomic E-state index is 6.59. The molecule has 0 bridgehead atoms. The molecule has 0 amide bonds. The minimum Gasteiger partial charge on any atom is -0.340 e. The predicted octanol–water partition coefficient (Wildman–Crippen LogP) is 3.24. The molecule has 1 fully saturated rings. The Kier molecular flexibility index (Phi) is 2.67. The molecule has 96 valence electrons. The lowest BCUT2D eigenvalue weighted by molar-refractivity contribution is 0.230. The van der Waals surface area contributed by atoms with Gasteiger partial charge in [0.25, 0.3) is 0 Å². The van der Waals surface area contributed by atoms with Crippen LogP contribution in [0.2, 0.25) is 0 Å². The second kappa shape index (κ2) is 4.09. The Labute approximate surface area is 108 Å². The fraction of sp³-hybridized carbons (Fsp3) is 0.533. The summed E-state index contributed by atoms with van der Waals surface area (Å²) in [4.78, 5) is 8.19. The molecule has 1 aromatic carbocycles. The van der Waals surface area contributed by atoms with Crippen LogP contribution in [0, 0.1) is 12.8 Å². The third-order valence-electron chi connectivity index (χ3n) is 4.22. The summed E-state index contributed by atoms with van der Waals surface area (Å²) in [5, 5.41) is 0. The van der Waals surface area contributed by atoms with Gasteiger partial charge >= 0.3 is 0 Å². The van der Waals surface area contributed by atoms with E-state index in [0.29, 0.717) is 5.92 Å². The Morgan fingerprint density at radius 1 is 1.44 bits per heavy atom. The number of nitrogens with two attached hydrogens (primary N) is 1. The van der Waals surface area contributed by atoms with E-state index in [0.717, 1.165) is 29.7 Å². The van der Waals surface area contributed by atoms with Crippen molar-refractivity contribution in [2.45, 2.75) is 45.1 Å². The largest absolute Gasteiger partial charge is 0.340 e. The fourth-order valence-electron chi connectivity index (χ4n) is 3.22. The first kappa shape index (κ1) is 11.7. The lowest BCUT2D eigenvalue weighted by Crippen LogP contribution is -2.42. The van der Waals surface area contributed by atoms with Crippen molar-refractivity contribution in [3.8, 4) is 0 Å². The van der Waals surface area contributed by atoms with Crippen molar-refractivity contribution in [2.24, 2.45) is 11.7 Å². The zero-order valence-corrected chi connectivity index (χ0v) is 11.2. The average molecular weight is 243 g/mol. The quantitative estimate of drug-likeness (QED) is 0.808. The van der Waals surface area contributed by atoms with E-state index in [4.69, 9.17) is 10.7 Å². The Balaban J connectivity index is 2.06. The highest BCUT2D eigenvalue weighted by Gasteiger charge is 2.35. The van der Waals surface area contributed by atoms with E-state index in [1.165, 1.54) is 18.4 Å². The highest BCUT2D eigenvalue weighted by atomic mass is 15.0. The maximum absolute atomic E-state index is 6.59. The molecule has 1 heterocycles. The first-order chi connectivity index (χ1) is 8.58. The Bertz CT molecular complexity index is 572. The topological polar surface area (TPSA) is 54.7 Å². The Morgan fingerprint density at radius 3 is 3.00 bits per heavy atom. The van der Waals surface area contributed by atoms with Gasteiger partial charge in [-0.2, -0.15) is 0 Å². The SMILES string of the molecule is Cc1cccc2[nH]c(C3(N)CCCC(C)C3)nc12. The minimum atomic E-state index is -0.261. The summed E-state index contributed by atoms with van der Waals surface area (Å²) in [5.74, 6) is 1.66.